The lowest BCUT2D eigenvalue weighted by Gasteiger charge is -2.05. The molecule has 0 bridgehead atoms. The molecule has 0 aliphatic heterocycles. The molecule has 86 valence electrons. The Hall–Kier alpha value is -2.43. The van der Waals surface area contributed by atoms with Crippen molar-refractivity contribution in [3.05, 3.63) is 64.5 Å². The molecule has 1 heterocycles. The second-order valence-electron chi connectivity index (χ2n) is 3.36. The number of hydrogen-bond donors (Lipinski definition) is 0. The van der Waals surface area contributed by atoms with E-state index in [9.17, 15) is 10.1 Å². The van der Waals surface area contributed by atoms with Crippen LogP contribution in [0.5, 0.6) is 5.75 Å². The zero-order chi connectivity index (χ0) is 12.1. The van der Waals surface area contributed by atoms with Gasteiger partial charge in [-0.2, -0.15) is 0 Å². The molecule has 2 rings (SSSR count). The van der Waals surface area contributed by atoms with Crippen LogP contribution in [0.2, 0.25) is 0 Å². The fraction of sp³-hybridized carbons (Fsp3) is 0.0833. The first-order valence-corrected chi connectivity index (χ1v) is 5.02. The Labute approximate surface area is 97.8 Å². The lowest BCUT2D eigenvalue weighted by atomic mass is 10.2. The van der Waals surface area contributed by atoms with Gasteiger partial charge < -0.3 is 4.74 Å². The van der Waals surface area contributed by atoms with Crippen LogP contribution in [0.3, 0.4) is 0 Å². The number of nitro groups is 1. The van der Waals surface area contributed by atoms with E-state index in [0.717, 1.165) is 0 Å². The third-order valence-electron chi connectivity index (χ3n) is 2.23. The summed E-state index contributed by atoms with van der Waals surface area (Å²) in [6.07, 6.45) is 3.21. The van der Waals surface area contributed by atoms with Crippen LogP contribution < -0.4 is 4.74 Å². The van der Waals surface area contributed by atoms with Gasteiger partial charge in [0, 0.05) is 18.5 Å². The highest BCUT2D eigenvalue weighted by Gasteiger charge is 2.12. The molecular weight excluding hydrogens is 220 g/mol. The molecule has 2 aromatic rings. The smallest absolute Gasteiger partial charge is 0.276 e. The number of aromatic nitrogens is 1. The van der Waals surface area contributed by atoms with Crippen LogP contribution >= 0.6 is 0 Å². The van der Waals surface area contributed by atoms with Crippen molar-refractivity contribution in [2.45, 2.75) is 6.61 Å². The molecule has 0 N–H and O–H groups in total. The third kappa shape index (κ3) is 2.78. The summed E-state index contributed by atoms with van der Waals surface area (Å²) in [5.41, 5.74) is 0.621. The summed E-state index contributed by atoms with van der Waals surface area (Å²) in [7, 11) is 0. The number of ether oxygens (including phenoxy) is 1. The average molecular weight is 230 g/mol. The summed E-state index contributed by atoms with van der Waals surface area (Å²) in [5.74, 6) is 0.637. The highest BCUT2D eigenvalue weighted by atomic mass is 16.6. The first-order chi connectivity index (χ1) is 8.27. The Bertz CT molecular complexity index is 514. The molecule has 0 amide bonds. The molecule has 0 saturated heterocycles. The van der Waals surface area contributed by atoms with Crippen LogP contribution in [0, 0.1) is 10.1 Å². The van der Waals surface area contributed by atoms with Crippen LogP contribution in [0.15, 0.2) is 48.8 Å². The normalized spacial score (nSPS) is 9.88. The van der Waals surface area contributed by atoms with Gasteiger partial charge in [-0.1, -0.05) is 12.1 Å². The molecule has 0 saturated carbocycles. The molecule has 0 fully saturated rings. The van der Waals surface area contributed by atoms with E-state index in [1.807, 2.05) is 0 Å². The molecule has 0 aliphatic carbocycles. The molecule has 0 atom stereocenters. The lowest BCUT2D eigenvalue weighted by molar-refractivity contribution is -0.385. The predicted molar refractivity (Wildman–Crippen MR) is 61.7 cm³/mol. The van der Waals surface area contributed by atoms with Crippen molar-refractivity contribution >= 4 is 5.69 Å². The summed E-state index contributed by atoms with van der Waals surface area (Å²) < 4.78 is 5.44. The van der Waals surface area contributed by atoms with Crippen molar-refractivity contribution in [3.63, 3.8) is 0 Å². The van der Waals surface area contributed by atoms with Gasteiger partial charge in [0.15, 0.2) is 0 Å². The summed E-state index contributed by atoms with van der Waals surface area (Å²) in [6, 6.07) is 9.93. The average Bonchev–Trinajstić information content (AvgIpc) is 2.38. The second-order valence-corrected chi connectivity index (χ2v) is 3.36. The number of nitro benzene ring substituents is 1. The molecular formula is C12H10N2O3. The SMILES string of the molecule is O=[N+]([O-])c1ccccc1COc1ccncc1. The molecule has 1 aromatic carbocycles. The van der Waals surface area contributed by atoms with Crippen molar-refractivity contribution in [2.24, 2.45) is 0 Å². The molecule has 5 nitrogen and oxygen atoms in total. The van der Waals surface area contributed by atoms with Gasteiger partial charge in [0.05, 0.1) is 10.5 Å². The van der Waals surface area contributed by atoms with E-state index >= 15 is 0 Å². The van der Waals surface area contributed by atoms with E-state index in [4.69, 9.17) is 4.74 Å². The Balaban J connectivity index is 2.12. The summed E-state index contributed by atoms with van der Waals surface area (Å²) >= 11 is 0. The summed E-state index contributed by atoms with van der Waals surface area (Å²) in [4.78, 5) is 14.2. The van der Waals surface area contributed by atoms with E-state index in [2.05, 4.69) is 4.98 Å². The number of para-hydroxylation sites is 1. The molecule has 0 aliphatic rings. The Morgan fingerprint density at radius 2 is 1.88 bits per heavy atom. The highest BCUT2D eigenvalue weighted by molar-refractivity contribution is 5.39. The number of nitrogens with zero attached hydrogens (tertiary/aromatic N) is 2. The molecule has 1 aromatic heterocycles. The quantitative estimate of drug-likeness (QED) is 0.598. The Morgan fingerprint density at radius 3 is 2.59 bits per heavy atom. The van der Waals surface area contributed by atoms with Gasteiger partial charge in [-0.25, -0.2) is 0 Å². The molecule has 5 heteroatoms. The monoisotopic (exact) mass is 230 g/mol. The summed E-state index contributed by atoms with van der Waals surface area (Å²) in [5, 5.41) is 10.8. The van der Waals surface area contributed by atoms with Gasteiger partial charge in [-0.3, -0.25) is 15.1 Å². The van der Waals surface area contributed by atoms with Crippen molar-refractivity contribution in [1.82, 2.24) is 4.98 Å². The van der Waals surface area contributed by atoms with Crippen molar-refractivity contribution in [3.8, 4) is 5.75 Å². The maximum absolute atomic E-state index is 10.8. The van der Waals surface area contributed by atoms with Crippen molar-refractivity contribution in [2.75, 3.05) is 0 Å². The van der Waals surface area contributed by atoms with Crippen LogP contribution in [-0.2, 0) is 6.61 Å². The van der Waals surface area contributed by atoms with Gasteiger partial charge in [0.1, 0.15) is 12.4 Å². The van der Waals surface area contributed by atoms with Crippen molar-refractivity contribution in [1.29, 1.82) is 0 Å². The predicted octanol–water partition coefficient (Wildman–Crippen LogP) is 2.57. The zero-order valence-corrected chi connectivity index (χ0v) is 8.95. The van der Waals surface area contributed by atoms with E-state index in [1.54, 1.807) is 42.7 Å². The van der Waals surface area contributed by atoms with Crippen LogP contribution in [0.25, 0.3) is 0 Å². The first-order valence-electron chi connectivity index (χ1n) is 5.02. The third-order valence-corrected chi connectivity index (χ3v) is 2.23. The topological polar surface area (TPSA) is 65.3 Å². The maximum atomic E-state index is 10.8. The van der Waals surface area contributed by atoms with Gasteiger partial charge in [-0.05, 0) is 18.2 Å². The molecule has 0 unspecified atom stereocenters. The number of rotatable bonds is 4. The lowest BCUT2D eigenvalue weighted by Crippen LogP contribution is -2.00. The first kappa shape index (κ1) is 11.1. The number of pyridine rings is 1. The largest absolute Gasteiger partial charge is 0.489 e. The van der Waals surface area contributed by atoms with Crippen LogP contribution in [0.4, 0.5) is 5.69 Å². The Kier molecular flexibility index (Phi) is 3.30. The fourth-order valence-electron chi connectivity index (χ4n) is 1.41. The molecule has 17 heavy (non-hydrogen) atoms. The van der Waals surface area contributed by atoms with Crippen LogP contribution in [-0.4, -0.2) is 9.91 Å². The van der Waals surface area contributed by atoms with Gasteiger partial charge in [-0.15, -0.1) is 0 Å². The zero-order valence-electron chi connectivity index (χ0n) is 8.95. The minimum atomic E-state index is -0.411. The molecule has 0 radical (unpaired) electrons. The van der Waals surface area contributed by atoms with E-state index in [1.165, 1.54) is 6.07 Å². The Morgan fingerprint density at radius 1 is 1.18 bits per heavy atom. The summed E-state index contributed by atoms with van der Waals surface area (Å²) in [6.45, 7) is 0.168. The van der Waals surface area contributed by atoms with Crippen molar-refractivity contribution < 1.29 is 9.66 Å². The van der Waals surface area contributed by atoms with E-state index < -0.39 is 4.92 Å². The van der Waals surface area contributed by atoms with Crippen LogP contribution in [0.1, 0.15) is 5.56 Å². The number of benzene rings is 1. The number of hydrogen-bond acceptors (Lipinski definition) is 4. The van der Waals surface area contributed by atoms with E-state index in [-0.39, 0.29) is 12.3 Å². The van der Waals surface area contributed by atoms with Gasteiger partial charge in [0.2, 0.25) is 0 Å². The molecule has 0 spiro atoms. The van der Waals surface area contributed by atoms with Gasteiger partial charge in [0.25, 0.3) is 5.69 Å². The maximum Gasteiger partial charge on any atom is 0.276 e. The standard InChI is InChI=1S/C12H10N2O3/c15-14(16)12-4-2-1-3-10(12)9-17-11-5-7-13-8-6-11/h1-8H,9H2. The fourth-order valence-corrected chi connectivity index (χ4v) is 1.41. The van der Waals surface area contributed by atoms with E-state index in [0.29, 0.717) is 11.3 Å². The highest BCUT2D eigenvalue weighted by Crippen LogP contribution is 2.19. The van der Waals surface area contributed by atoms with Gasteiger partial charge >= 0.3 is 0 Å². The minimum absolute atomic E-state index is 0.0709. The second kappa shape index (κ2) is 5.07. The minimum Gasteiger partial charge on any atom is -0.489 e.